The van der Waals surface area contributed by atoms with E-state index in [0.29, 0.717) is 17.5 Å². The molecule has 0 bridgehead atoms. The van der Waals surface area contributed by atoms with Crippen molar-refractivity contribution in [2.24, 2.45) is 0 Å². The minimum Gasteiger partial charge on any atom is -0.368 e. The number of halogens is 4. The van der Waals surface area contributed by atoms with Crippen molar-refractivity contribution in [1.82, 2.24) is 14.8 Å². The van der Waals surface area contributed by atoms with Crippen molar-refractivity contribution in [3.63, 3.8) is 0 Å². The molecule has 1 aromatic carbocycles. The molecule has 1 heterocycles. The van der Waals surface area contributed by atoms with E-state index in [0.717, 1.165) is 23.6 Å². The van der Waals surface area contributed by atoms with E-state index in [1.807, 2.05) is 0 Å². The van der Waals surface area contributed by atoms with Crippen LogP contribution in [0.25, 0.3) is 5.69 Å². The van der Waals surface area contributed by atoms with Crippen LogP contribution in [0.4, 0.5) is 23.8 Å². The highest BCUT2D eigenvalue weighted by atomic mass is 32.2. The Kier molecular flexibility index (Phi) is 5.03. The van der Waals surface area contributed by atoms with Crippen LogP contribution in [0.3, 0.4) is 0 Å². The second-order valence-electron chi connectivity index (χ2n) is 5.82. The summed E-state index contributed by atoms with van der Waals surface area (Å²) in [7, 11) is -4.56. The summed E-state index contributed by atoms with van der Waals surface area (Å²) in [5.41, 5.74) is 6.65. The van der Waals surface area contributed by atoms with Gasteiger partial charge in [0.05, 0.1) is 10.6 Å². The third-order valence-corrected chi connectivity index (χ3v) is 4.94. The molecule has 7 nitrogen and oxygen atoms in total. The predicted octanol–water partition coefficient (Wildman–Crippen LogP) is 2.71. The zero-order valence-corrected chi connectivity index (χ0v) is 14.3. The molecule has 1 saturated carbocycles. The van der Waals surface area contributed by atoms with Gasteiger partial charge in [0.1, 0.15) is 0 Å². The number of hydrogen-bond donors (Lipinski definition) is 2. The number of aryl methyl sites for hydroxylation is 1. The molecular weight excluding hydrogens is 380 g/mol. The van der Waals surface area contributed by atoms with Gasteiger partial charge in [-0.3, -0.25) is 9.26 Å². The van der Waals surface area contributed by atoms with Crippen LogP contribution in [0.2, 0.25) is 0 Å². The van der Waals surface area contributed by atoms with Crippen LogP contribution >= 0.6 is 0 Å². The van der Waals surface area contributed by atoms with E-state index in [-0.39, 0.29) is 21.2 Å². The van der Waals surface area contributed by atoms with Gasteiger partial charge in [0.25, 0.3) is 15.9 Å². The predicted molar refractivity (Wildman–Crippen MR) is 84.4 cm³/mol. The lowest BCUT2D eigenvalue weighted by Gasteiger charge is -2.14. The number of rotatable bonds is 4. The van der Waals surface area contributed by atoms with E-state index in [1.54, 1.807) is 13.0 Å². The van der Waals surface area contributed by atoms with Gasteiger partial charge >= 0.3 is 6.18 Å². The summed E-state index contributed by atoms with van der Waals surface area (Å²) >= 11 is 0. The molecule has 0 radical (unpaired) electrons. The molecule has 1 aliphatic rings. The monoisotopic (exact) mass is 396 g/mol. The molecular formula is C14H16F4N4O3S. The van der Waals surface area contributed by atoms with Crippen molar-refractivity contribution in [2.75, 3.05) is 5.73 Å². The average Bonchev–Trinajstić information content (AvgIpc) is 3.26. The van der Waals surface area contributed by atoms with E-state index < -0.39 is 28.1 Å². The van der Waals surface area contributed by atoms with Crippen molar-refractivity contribution in [3.8, 4) is 5.69 Å². The normalized spacial score (nSPS) is 15.0. The molecule has 2 aromatic rings. The largest absolute Gasteiger partial charge is 0.453 e. The van der Waals surface area contributed by atoms with Crippen LogP contribution in [-0.4, -0.2) is 27.7 Å². The fourth-order valence-corrected chi connectivity index (χ4v) is 3.47. The Morgan fingerprint density at radius 2 is 1.96 bits per heavy atom. The number of aromatic nitrogens is 3. The van der Waals surface area contributed by atoms with E-state index in [4.69, 9.17) is 5.73 Å². The van der Waals surface area contributed by atoms with Crippen LogP contribution in [0, 0.1) is 0 Å². The van der Waals surface area contributed by atoms with Crippen LogP contribution in [0.1, 0.15) is 42.6 Å². The van der Waals surface area contributed by atoms with Crippen molar-refractivity contribution < 1.29 is 30.8 Å². The second-order valence-corrected chi connectivity index (χ2v) is 7.21. The Morgan fingerprint density at radius 1 is 1.35 bits per heavy atom. The summed E-state index contributed by atoms with van der Waals surface area (Å²) in [6, 6.07) is 2.68. The molecule has 12 heteroatoms. The molecule has 0 aliphatic heterocycles. The number of benzene rings is 1. The minimum absolute atomic E-state index is 0. The summed E-state index contributed by atoms with van der Waals surface area (Å²) in [5.74, 6) is -1.85. The molecule has 0 spiro atoms. The minimum atomic E-state index is -4.78. The molecule has 1 fully saturated rings. The van der Waals surface area contributed by atoms with E-state index in [1.165, 1.54) is 0 Å². The lowest BCUT2D eigenvalue weighted by atomic mass is 10.0. The highest BCUT2D eigenvalue weighted by Crippen LogP contribution is 2.44. The first-order valence-electron chi connectivity index (χ1n) is 7.46. The number of anilines is 1. The standard InChI is InChI=1S/C14H15F3N4O3S.FH/c1-2-7-5-9(8-3-4-8)10(6-11(7)25(22,23)24)21-13(18)19-12(20-21)14(15,16)17;/h5-6,8H,2-4H2,1H3,(H2,18,19,20)(H,22,23,24);1H. The first kappa shape index (κ1) is 20.1. The number of nitrogen functional groups attached to an aromatic ring is 1. The van der Waals surface area contributed by atoms with Gasteiger partial charge in [0.2, 0.25) is 5.95 Å². The third kappa shape index (κ3) is 3.65. The first-order chi connectivity index (χ1) is 11.5. The number of hydrogen-bond acceptors (Lipinski definition) is 5. The third-order valence-electron chi connectivity index (χ3n) is 4.00. The van der Waals surface area contributed by atoms with E-state index in [9.17, 15) is 26.1 Å². The Labute approximate surface area is 146 Å². The topological polar surface area (TPSA) is 111 Å². The van der Waals surface area contributed by atoms with Gasteiger partial charge in [0, 0.05) is 0 Å². The van der Waals surface area contributed by atoms with Crippen molar-refractivity contribution in [2.45, 2.75) is 43.2 Å². The molecule has 26 heavy (non-hydrogen) atoms. The fraction of sp³-hybridized carbons (Fsp3) is 0.429. The molecule has 144 valence electrons. The van der Waals surface area contributed by atoms with Crippen LogP contribution in [0.15, 0.2) is 17.0 Å². The highest BCUT2D eigenvalue weighted by Gasteiger charge is 2.38. The molecule has 0 amide bonds. The smallest absolute Gasteiger partial charge is 0.368 e. The molecule has 0 unspecified atom stereocenters. The van der Waals surface area contributed by atoms with Gasteiger partial charge in [0.15, 0.2) is 0 Å². The number of alkyl halides is 3. The fourth-order valence-electron chi connectivity index (χ4n) is 2.68. The molecule has 3 rings (SSSR count). The second kappa shape index (κ2) is 6.50. The van der Waals surface area contributed by atoms with Gasteiger partial charge in [-0.25, -0.2) is 0 Å². The maximum absolute atomic E-state index is 12.8. The summed E-state index contributed by atoms with van der Waals surface area (Å²) in [4.78, 5) is 2.83. The Morgan fingerprint density at radius 3 is 2.38 bits per heavy atom. The zero-order chi connectivity index (χ0) is 18.6. The van der Waals surface area contributed by atoms with E-state index >= 15 is 0 Å². The molecule has 1 aliphatic carbocycles. The number of nitrogens with two attached hydrogens (primary N) is 1. The zero-order valence-electron chi connectivity index (χ0n) is 13.5. The molecule has 3 N–H and O–H groups in total. The SMILES string of the molecule is CCc1cc(C2CC2)c(-n2nc(C(F)(F)F)nc2N)cc1S(=O)(=O)O.F. The maximum atomic E-state index is 12.8. The van der Waals surface area contributed by atoms with Gasteiger partial charge in [-0.15, -0.1) is 5.10 Å². The van der Waals surface area contributed by atoms with Gasteiger partial charge in [-0.1, -0.05) is 13.0 Å². The lowest BCUT2D eigenvalue weighted by molar-refractivity contribution is -0.144. The van der Waals surface area contributed by atoms with Crippen molar-refractivity contribution >= 4 is 16.1 Å². The maximum Gasteiger partial charge on any atom is 0.453 e. The first-order valence-corrected chi connectivity index (χ1v) is 8.90. The Bertz CT molecular complexity index is 936. The van der Waals surface area contributed by atoms with Crippen molar-refractivity contribution in [1.29, 1.82) is 0 Å². The summed E-state index contributed by atoms with van der Waals surface area (Å²) in [6.45, 7) is 1.71. The average molecular weight is 396 g/mol. The lowest BCUT2D eigenvalue weighted by Crippen LogP contribution is -2.11. The van der Waals surface area contributed by atoms with Gasteiger partial charge in [-0.2, -0.15) is 31.3 Å². The number of nitrogens with zero attached hydrogens (tertiary/aromatic N) is 3. The molecule has 1 aromatic heterocycles. The summed E-state index contributed by atoms with van der Waals surface area (Å²) in [5, 5.41) is 3.38. The van der Waals surface area contributed by atoms with Gasteiger partial charge < -0.3 is 5.73 Å². The Hall–Kier alpha value is -2.21. The van der Waals surface area contributed by atoms with E-state index in [2.05, 4.69) is 10.1 Å². The van der Waals surface area contributed by atoms with Crippen LogP contribution in [-0.2, 0) is 22.7 Å². The molecule has 0 saturated heterocycles. The van der Waals surface area contributed by atoms with Gasteiger partial charge in [-0.05, 0) is 42.4 Å². The Balaban J connectivity index is 0.00000243. The summed E-state index contributed by atoms with van der Waals surface area (Å²) < 4.78 is 72.0. The van der Waals surface area contributed by atoms with Crippen LogP contribution < -0.4 is 5.73 Å². The highest BCUT2D eigenvalue weighted by molar-refractivity contribution is 7.85. The van der Waals surface area contributed by atoms with Crippen LogP contribution in [0.5, 0.6) is 0 Å². The summed E-state index contributed by atoms with van der Waals surface area (Å²) in [6.07, 6.45) is -2.81. The van der Waals surface area contributed by atoms with Crippen molar-refractivity contribution in [3.05, 3.63) is 29.1 Å². The molecule has 0 atom stereocenters. The quantitative estimate of drug-likeness (QED) is 0.607.